The third-order valence-corrected chi connectivity index (χ3v) is 3.32. The molecule has 0 saturated heterocycles. The van der Waals surface area contributed by atoms with Crippen LogP contribution in [0.15, 0.2) is 55.0 Å². The van der Waals surface area contributed by atoms with Gasteiger partial charge in [0, 0.05) is 18.0 Å². The standard InChI is InChI=1S/C17H14ClN3O2/c1-22-17-15(23-11-12-5-3-2-4-6-12)10-20-16(21-17)13-7-14(18)9-19-8-13/h2-10H,11H2,1H3. The molecule has 0 fully saturated rings. The summed E-state index contributed by atoms with van der Waals surface area (Å²) in [6, 6.07) is 11.6. The molecule has 0 aliphatic rings. The summed E-state index contributed by atoms with van der Waals surface area (Å²) in [4.78, 5) is 12.7. The smallest absolute Gasteiger partial charge is 0.260 e. The predicted molar refractivity (Wildman–Crippen MR) is 87.6 cm³/mol. The van der Waals surface area contributed by atoms with Crippen molar-refractivity contribution in [3.8, 4) is 23.0 Å². The summed E-state index contributed by atoms with van der Waals surface area (Å²) in [7, 11) is 1.54. The average Bonchev–Trinajstić information content (AvgIpc) is 2.60. The van der Waals surface area contributed by atoms with E-state index in [-0.39, 0.29) is 0 Å². The Balaban J connectivity index is 1.82. The second-order valence-electron chi connectivity index (χ2n) is 4.73. The molecule has 2 aromatic heterocycles. The largest absolute Gasteiger partial charge is 0.482 e. The number of rotatable bonds is 5. The van der Waals surface area contributed by atoms with Crippen molar-refractivity contribution in [3.63, 3.8) is 0 Å². The van der Waals surface area contributed by atoms with Gasteiger partial charge in [-0.2, -0.15) is 4.98 Å². The molecule has 116 valence electrons. The first-order chi connectivity index (χ1) is 11.3. The van der Waals surface area contributed by atoms with Crippen molar-refractivity contribution >= 4 is 11.6 Å². The Morgan fingerprint density at radius 2 is 1.91 bits per heavy atom. The molecule has 0 radical (unpaired) electrons. The molecule has 3 rings (SSSR count). The SMILES string of the molecule is COc1nc(-c2cncc(Cl)c2)ncc1OCc1ccccc1. The molecule has 2 heterocycles. The van der Waals surface area contributed by atoms with Gasteiger partial charge in [-0.15, -0.1) is 0 Å². The number of benzene rings is 1. The lowest BCUT2D eigenvalue weighted by molar-refractivity contribution is 0.278. The molecular weight excluding hydrogens is 314 g/mol. The zero-order chi connectivity index (χ0) is 16.1. The first kappa shape index (κ1) is 15.2. The number of hydrogen-bond donors (Lipinski definition) is 0. The van der Waals surface area contributed by atoms with Crippen LogP contribution in [0.2, 0.25) is 5.02 Å². The number of nitrogens with zero attached hydrogens (tertiary/aromatic N) is 3. The zero-order valence-corrected chi connectivity index (χ0v) is 13.2. The third kappa shape index (κ3) is 3.76. The Hall–Kier alpha value is -2.66. The van der Waals surface area contributed by atoms with Gasteiger partial charge in [-0.05, 0) is 11.6 Å². The van der Waals surface area contributed by atoms with E-state index in [2.05, 4.69) is 15.0 Å². The normalized spacial score (nSPS) is 10.3. The highest BCUT2D eigenvalue weighted by atomic mass is 35.5. The summed E-state index contributed by atoms with van der Waals surface area (Å²) in [6.07, 6.45) is 4.79. The molecular formula is C17H14ClN3O2. The van der Waals surface area contributed by atoms with Crippen LogP contribution in [0.3, 0.4) is 0 Å². The van der Waals surface area contributed by atoms with Gasteiger partial charge in [0.05, 0.1) is 18.3 Å². The van der Waals surface area contributed by atoms with E-state index in [0.29, 0.717) is 34.6 Å². The van der Waals surface area contributed by atoms with Crippen LogP contribution in [0.4, 0.5) is 0 Å². The van der Waals surface area contributed by atoms with Crippen LogP contribution in [0, 0.1) is 0 Å². The second kappa shape index (κ2) is 7.07. The molecule has 0 aliphatic heterocycles. The van der Waals surface area contributed by atoms with E-state index >= 15 is 0 Å². The van der Waals surface area contributed by atoms with E-state index in [1.807, 2.05) is 30.3 Å². The summed E-state index contributed by atoms with van der Waals surface area (Å²) in [5.74, 6) is 1.32. The van der Waals surface area contributed by atoms with Gasteiger partial charge in [0.15, 0.2) is 11.6 Å². The highest BCUT2D eigenvalue weighted by Gasteiger charge is 2.11. The van der Waals surface area contributed by atoms with Crippen LogP contribution >= 0.6 is 11.6 Å². The Kier molecular flexibility index (Phi) is 4.68. The first-order valence-electron chi connectivity index (χ1n) is 6.95. The monoisotopic (exact) mass is 327 g/mol. The molecule has 6 heteroatoms. The molecule has 0 atom stereocenters. The molecule has 0 amide bonds. The topological polar surface area (TPSA) is 57.1 Å². The van der Waals surface area contributed by atoms with Gasteiger partial charge in [0.25, 0.3) is 5.88 Å². The number of pyridine rings is 1. The van der Waals surface area contributed by atoms with Crippen LogP contribution < -0.4 is 9.47 Å². The maximum atomic E-state index is 5.94. The third-order valence-electron chi connectivity index (χ3n) is 3.12. The van der Waals surface area contributed by atoms with Gasteiger partial charge in [-0.3, -0.25) is 4.98 Å². The van der Waals surface area contributed by atoms with E-state index in [1.165, 1.54) is 7.11 Å². The minimum atomic E-state index is 0.367. The molecule has 0 N–H and O–H groups in total. The van der Waals surface area contributed by atoms with Gasteiger partial charge in [-0.25, -0.2) is 4.98 Å². The van der Waals surface area contributed by atoms with Gasteiger partial charge in [0.2, 0.25) is 0 Å². The van der Waals surface area contributed by atoms with Crippen molar-refractivity contribution < 1.29 is 9.47 Å². The molecule has 3 aromatic rings. The Labute approximate surface area is 138 Å². The fourth-order valence-corrected chi connectivity index (χ4v) is 2.18. The molecule has 0 saturated carbocycles. The fourth-order valence-electron chi connectivity index (χ4n) is 2.01. The lowest BCUT2D eigenvalue weighted by atomic mass is 10.2. The minimum absolute atomic E-state index is 0.367. The summed E-state index contributed by atoms with van der Waals surface area (Å²) in [6.45, 7) is 0.415. The number of aromatic nitrogens is 3. The van der Waals surface area contributed by atoms with E-state index in [0.717, 1.165) is 5.56 Å². The number of halogens is 1. The predicted octanol–water partition coefficient (Wildman–Crippen LogP) is 3.78. The van der Waals surface area contributed by atoms with Crippen LogP contribution in [-0.4, -0.2) is 22.1 Å². The quantitative estimate of drug-likeness (QED) is 0.713. The summed E-state index contributed by atoms with van der Waals surface area (Å²) < 4.78 is 11.0. The maximum absolute atomic E-state index is 5.94. The van der Waals surface area contributed by atoms with Crippen molar-refractivity contribution in [2.75, 3.05) is 7.11 Å². The van der Waals surface area contributed by atoms with Gasteiger partial charge in [0.1, 0.15) is 6.61 Å². The van der Waals surface area contributed by atoms with E-state index in [1.54, 1.807) is 24.7 Å². The first-order valence-corrected chi connectivity index (χ1v) is 7.33. The van der Waals surface area contributed by atoms with Crippen molar-refractivity contribution in [2.24, 2.45) is 0 Å². The van der Waals surface area contributed by atoms with Crippen LogP contribution in [0.25, 0.3) is 11.4 Å². The Bertz CT molecular complexity index is 797. The lowest BCUT2D eigenvalue weighted by Gasteiger charge is -2.10. The molecule has 1 aromatic carbocycles. The van der Waals surface area contributed by atoms with Gasteiger partial charge < -0.3 is 9.47 Å². The summed E-state index contributed by atoms with van der Waals surface area (Å²) in [5.41, 5.74) is 1.77. The van der Waals surface area contributed by atoms with Crippen molar-refractivity contribution in [1.29, 1.82) is 0 Å². The summed E-state index contributed by atoms with van der Waals surface area (Å²) in [5, 5.41) is 0.523. The van der Waals surface area contributed by atoms with Crippen molar-refractivity contribution in [2.45, 2.75) is 6.61 Å². The van der Waals surface area contributed by atoms with Crippen molar-refractivity contribution in [1.82, 2.24) is 15.0 Å². The van der Waals surface area contributed by atoms with E-state index < -0.39 is 0 Å². The van der Waals surface area contributed by atoms with Gasteiger partial charge >= 0.3 is 0 Å². The van der Waals surface area contributed by atoms with E-state index in [4.69, 9.17) is 21.1 Å². The summed E-state index contributed by atoms with van der Waals surface area (Å²) >= 11 is 5.94. The zero-order valence-electron chi connectivity index (χ0n) is 12.4. The molecule has 0 unspecified atom stereocenters. The Morgan fingerprint density at radius 3 is 2.65 bits per heavy atom. The molecule has 0 spiro atoms. The maximum Gasteiger partial charge on any atom is 0.260 e. The van der Waals surface area contributed by atoms with Crippen molar-refractivity contribution in [3.05, 3.63) is 65.6 Å². The van der Waals surface area contributed by atoms with Crippen LogP contribution in [0.1, 0.15) is 5.56 Å². The van der Waals surface area contributed by atoms with Crippen LogP contribution in [-0.2, 0) is 6.61 Å². The highest BCUT2D eigenvalue weighted by molar-refractivity contribution is 6.30. The molecule has 23 heavy (non-hydrogen) atoms. The second-order valence-corrected chi connectivity index (χ2v) is 5.17. The number of methoxy groups -OCH3 is 1. The van der Waals surface area contributed by atoms with Crippen LogP contribution in [0.5, 0.6) is 11.6 Å². The number of hydrogen-bond acceptors (Lipinski definition) is 5. The molecule has 5 nitrogen and oxygen atoms in total. The molecule has 0 aliphatic carbocycles. The fraction of sp³-hybridized carbons (Fsp3) is 0.118. The lowest BCUT2D eigenvalue weighted by Crippen LogP contribution is -2.01. The average molecular weight is 328 g/mol. The highest BCUT2D eigenvalue weighted by Crippen LogP contribution is 2.27. The Morgan fingerprint density at radius 1 is 1.09 bits per heavy atom. The molecule has 0 bridgehead atoms. The van der Waals surface area contributed by atoms with E-state index in [9.17, 15) is 0 Å². The van der Waals surface area contributed by atoms with Gasteiger partial charge in [-0.1, -0.05) is 41.9 Å². The minimum Gasteiger partial charge on any atom is -0.482 e. The number of ether oxygens (including phenoxy) is 2.